The molecule has 29 heavy (non-hydrogen) atoms. The van der Waals surface area contributed by atoms with Crippen LogP contribution >= 0.6 is 0 Å². The number of amides is 1. The second kappa shape index (κ2) is 7.88. The summed E-state index contributed by atoms with van der Waals surface area (Å²) in [6, 6.07) is 13.8. The first-order valence-corrected chi connectivity index (χ1v) is 10.8. The first-order valence-electron chi connectivity index (χ1n) is 9.51. The molecule has 4 rings (SSSR count). The van der Waals surface area contributed by atoms with Gasteiger partial charge in [-0.15, -0.1) is 10.2 Å². The first-order chi connectivity index (χ1) is 14.0. The second-order valence-electron chi connectivity index (χ2n) is 7.18. The van der Waals surface area contributed by atoms with Crippen molar-refractivity contribution in [2.75, 3.05) is 11.4 Å². The molecule has 0 aliphatic heterocycles. The van der Waals surface area contributed by atoms with Crippen LogP contribution in [0.5, 0.6) is 0 Å². The molecule has 150 valence electrons. The van der Waals surface area contributed by atoms with Crippen molar-refractivity contribution in [2.24, 2.45) is 5.73 Å². The summed E-state index contributed by atoms with van der Waals surface area (Å²) >= 11 is -1.89. The van der Waals surface area contributed by atoms with Gasteiger partial charge in [0.1, 0.15) is 0 Å². The zero-order chi connectivity index (χ0) is 20.5. The van der Waals surface area contributed by atoms with Crippen molar-refractivity contribution in [3.63, 3.8) is 0 Å². The van der Waals surface area contributed by atoms with Gasteiger partial charge in [-0.3, -0.25) is 4.79 Å². The third kappa shape index (κ3) is 3.99. The summed E-state index contributed by atoms with van der Waals surface area (Å²) in [5.74, 6) is -0.498. The molecular formula is C21H22N4O3S. The van der Waals surface area contributed by atoms with Crippen LogP contribution < -0.4 is 10.6 Å². The van der Waals surface area contributed by atoms with Crippen molar-refractivity contribution in [3.05, 3.63) is 53.7 Å². The minimum atomic E-state index is -1.89. The summed E-state index contributed by atoms with van der Waals surface area (Å²) in [7, 11) is 0. The molecule has 3 N–H and O–H groups in total. The smallest absolute Gasteiger partial charge is 0.271 e. The van der Waals surface area contributed by atoms with Crippen molar-refractivity contribution in [1.29, 1.82) is 0 Å². The van der Waals surface area contributed by atoms with Crippen molar-refractivity contribution >= 4 is 33.6 Å². The standard InChI is InChI=1S/C21H22N4O3S/c1-2-25(16-7-8-16)20-17-9-6-15(11-18(17)23-24-19(20)21(22)26)14-5-3-4-13(10-14)12-29(27)28/h3-6,9-11,16H,2,7-8,12H2,1H3,(H2,22,26)(H,27,28). The fourth-order valence-corrected chi connectivity index (χ4v) is 4.16. The Hall–Kier alpha value is -2.84. The minimum absolute atomic E-state index is 0.0835. The van der Waals surface area contributed by atoms with E-state index in [1.165, 1.54) is 0 Å². The molecule has 0 bridgehead atoms. The lowest BCUT2D eigenvalue weighted by molar-refractivity contribution is 0.0995. The van der Waals surface area contributed by atoms with Crippen molar-refractivity contribution < 1.29 is 13.6 Å². The number of rotatable bonds is 7. The molecule has 1 atom stereocenters. The molecule has 0 spiro atoms. The molecule has 1 amide bonds. The normalized spacial score (nSPS) is 14.7. The van der Waals surface area contributed by atoms with Crippen LogP contribution in [0.15, 0.2) is 42.5 Å². The van der Waals surface area contributed by atoms with Gasteiger partial charge in [-0.2, -0.15) is 0 Å². The maximum Gasteiger partial charge on any atom is 0.271 e. The minimum Gasteiger partial charge on any atom is -0.366 e. The highest BCUT2D eigenvalue weighted by Gasteiger charge is 2.32. The maximum atomic E-state index is 12.0. The monoisotopic (exact) mass is 410 g/mol. The maximum absolute atomic E-state index is 12.0. The average molecular weight is 410 g/mol. The van der Waals surface area contributed by atoms with Crippen LogP contribution in [0.3, 0.4) is 0 Å². The number of hydrogen-bond donors (Lipinski definition) is 2. The number of hydrogen-bond acceptors (Lipinski definition) is 5. The van der Waals surface area contributed by atoms with Gasteiger partial charge >= 0.3 is 0 Å². The molecule has 1 unspecified atom stereocenters. The van der Waals surface area contributed by atoms with Gasteiger partial charge in [0.2, 0.25) is 0 Å². The number of anilines is 1. The van der Waals surface area contributed by atoms with Crippen molar-refractivity contribution in [3.8, 4) is 11.1 Å². The van der Waals surface area contributed by atoms with Crippen LogP contribution in [0.25, 0.3) is 22.0 Å². The number of fused-ring (bicyclic) bond motifs is 1. The quantitative estimate of drug-likeness (QED) is 0.579. The van der Waals surface area contributed by atoms with Crippen molar-refractivity contribution in [2.45, 2.75) is 31.6 Å². The number of primary amides is 1. The highest BCUT2D eigenvalue weighted by molar-refractivity contribution is 7.78. The molecule has 2 aromatic carbocycles. The van der Waals surface area contributed by atoms with E-state index in [0.29, 0.717) is 11.6 Å². The van der Waals surface area contributed by atoms with Gasteiger partial charge < -0.3 is 15.2 Å². The molecule has 7 nitrogen and oxygen atoms in total. The second-order valence-corrected chi connectivity index (χ2v) is 8.11. The summed E-state index contributed by atoms with van der Waals surface area (Å²) in [6.07, 6.45) is 2.18. The van der Waals surface area contributed by atoms with Gasteiger partial charge in [-0.25, -0.2) is 4.21 Å². The third-order valence-electron chi connectivity index (χ3n) is 5.13. The lowest BCUT2D eigenvalue weighted by Crippen LogP contribution is -2.29. The van der Waals surface area contributed by atoms with Crippen LogP contribution in [0, 0.1) is 0 Å². The van der Waals surface area contributed by atoms with Gasteiger partial charge in [0.25, 0.3) is 5.91 Å². The molecule has 1 aliphatic carbocycles. The Balaban J connectivity index is 1.82. The number of benzene rings is 2. The molecule has 8 heteroatoms. The van der Waals surface area contributed by atoms with E-state index in [4.69, 9.17) is 10.3 Å². The number of carbonyl (C=O) groups is 1. The van der Waals surface area contributed by atoms with E-state index >= 15 is 0 Å². The van der Waals surface area contributed by atoms with Gasteiger partial charge in [-0.05, 0) is 48.6 Å². The summed E-state index contributed by atoms with van der Waals surface area (Å²) in [5.41, 5.74) is 9.84. The van der Waals surface area contributed by atoms with Crippen LogP contribution in [0.1, 0.15) is 35.8 Å². The fourth-order valence-electron chi connectivity index (χ4n) is 3.70. The lowest BCUT2D eigenvalue weighted by atomic mass is 10.0. The predicted octanol–water partition coefficient (Wildman–Crippen LogP) is 3.11. The Bertz CT molecular complexity index is 1110. The Labute approximate surface area is 171 Å². The summed E-state index contributed by atoms with van der Waals surface area (Å²) in [6.45, 7) is 2.81. The molecule has 1 aliphatic rings. The molecule has 0 saturated heterocycles. The molecule has 0 radical (unpaired) electrons. The van der Waals surface area contributed by atoms with Crippen LogP contribution in [-0.4, -0.2) is 37.5 Å². The number of carbonyl (C=O) groups excluding carboxylic acids is 1. The summed E-state index contributed by atoms with van der Waals surface area (Å²) in [5, 5.41) is 9.23. The Morgan fingerprint density at radius 1 is 1.21 bits per heavy atom. The number of aromatic nitrogens is 2. The Morgan fingerprint density at radius 3 is 2.62 bits per heavy atom. The summed E-state index contributed by atoms with van der Waals surface area (Å²) < 4.78 is 20.3. The van der Waals surface area contributed by atoms with Crippen molar-refractivity contribution in [1.82, 2.24) is 10.2 Å². The first kappa shape index (κ1) is 19.5. The number of nitrogens with two attached hydrogens (primary N) is 1. The SMILES string of the molecule is CCN(c1c(C(N)=O)nnc2cc(-c3cccc(CS(=O)O)c3)ccc12)C1CC1. The van der Waals surface area contributed by atoms with Crippen LogP contribution in [-0.2, 0) is 16.8 Å². The topological polar surface area (TPSA) is 109 Å². The van der Waals surface area contributed by atoms with E-state index in [0.717, 1.165) is 47.2 Å². The molecule has 1 aromatic heterocycles. The number of nitrogens with zero attached hydrogens (tertiary/aromatic N) is 3. The van der Waals surface area contributed by atoms with Gasteiger partial charge in [0.15, 0.2) is 16.8 Å². The van der Waals surface area contributed by atoms with E-state index in [1.807, 2.05) is 42.5 Å². The van der Waals surface area contributed by atoms with E-state index in [-0.39, 0.29) is 11.4 Å². The van der Waals surface area contributed by atoms with Gasteiger partial charge in [0.05, 0.1) is 17.0 Å². The van der Waals surface area contributed by atoms with Crippen LogP contribution in [0.4, 0.5) is 5.69 Å². The lowest BCUT2D eigenvalue weighted by Gasteiger charge is -2.25. The molecule has 3 aromatic rings. The zero-order valence-corrected chi connectivity index (χ0v) is 16.9. The van der Waals surface area contributed by atoms with E-state index < -0.39 is 17.0 Å². The van der Waals surface area contributed by atoms with Crippen LogP contribution in [0.2, 0.25) is 0 Å². The predicted molar refractivity (Wildman–Crippen MR) is 114 cm³/mol. The average Bonchev–Trinajstić information content (AvgIpc) is 3.53. The molecule has 1 heterocycles. The van der Waals surface area contributed by atoms with Gasteiger partial charge in [-0.1, -0.05) is 30.3 Å². The van der Waals surface area contributed by atoms with E-state index in [2.05, 4.69) is 22.0 Å². The molecule has 1 saturated carbocycles. The fraction of sp³-hybridized carbons (Fsp3) is 0.286. The highest BCUT2D eigenvalue weighted by Crippen LogP contribution is 2.37. The summed E-state index contributed by atoms with van der Waals surface area (Å²) in [4.78, 5) is 14.2. The Morgan fingerprint density at radius 2 is 1.97 bits per heavy atom. The van der Waals surface area contributed by atoms with E-state index in [9.17, 15) is 9.00 Å². The third-order valence-corrected chi connectivity index (χ3v) is 5.71. The van der Waals surface area contributed by atoms with E-state index in [1.54, 1.807) is 0 Å². The largest absolute Gasteiger partial charge is 0.366 e. The Kier molecular flexibility index (Phi) is 5.29. The zero-order valence-electron chi connectivity index (χ0n) is 16.0. The van der Waals surface area contributed by atoms with Gasteiger partial charge in [0, 0.05) is 18.0 Å². The molecular weight excluding hydrogens is 388 g/mol. The molecule has 1 fully saturated rings. The highest BCUT2D eigenvalue weighted by atomic mass is 32.2.